The third-order valence-corrected chi connectivity index (χ3v) is 6.99. The van der Waals surface area contributed by atoms with Crippen molar-refractivity contribution in [1.29, 1.82) is 0 Å². The van der Waals surface area contributed by atoms with Gasteiger partial charge in [0.05, 0.1) is 12.7 Å². The lowest BCUT2D eigenvalue weighted by molar-refractivity contribution is 0.102. The summed E-state index contributed by atoms with van der Waals surface area (Å²) in [6.07, 6.45) is 1.84. The first-order valence-electron chi connectivity index (χ1n) is 13.3. The first-order valence-corrected chi connectivity index (χ1v) is 13.3. The van der Waals surface area contributed by atoms with E-state index in [0.717, 1.165) is 38.3 Å². The van der Waals surface area contributed by atoms with Crippen molar-refractivity contribution < 1.29 is 9.53 Å². The molecule has 1 saturated heterocycles. The molecular formula is C30H34N8O2. The molecular weight excluding hydrogens is 504 g/mol. The molecule has 10 heteroatoms. The maximum atomic E-state index is 13.3. The van der Waals surface area contributed by atoms with Crippen molar-refractivity contribution in [2.45, 2.75) is 32.7 Å². The fourth-order valence-electron chi connectivity index (χ4n) is 4.72. The number of hydrogen-bond donors (Lipinski definition) is 1. The van der Waals surface area contributed by atoms with Crippen LogP contribution in [0.4, 0.5) is 5.82 Å². The van der Waals surface area contributed by atoms with Crippen LogP contribution in [-0.4, -0.2) is 80.8 Å². The predicted molar refractivity (Wildman–Crippen MR) is 153 cm³/mol. The van der Waals surface area contributed by atoms with E-state index in [-0.39, 0.29) is 23.0 Å². The van der Waals surface area contributed by atoms with Gasteiger partial charge in [-0.05, 0) is 53.8 Å². The zero-order chi connectivity index (χ0) is 28.3. The summed E-state index contributed by atoms with van der Waals surface area (Å²) in [5.74, 6) is 6.78. The Kier molecular flexibility index (Phi) is 7.78. The Hall–Kier alpha value is -4.33. The molecule has 0 saturated carbocycles. The standard InChI is InChI=1S/C30H34N8O2/c1-30(2,3)24-18-21(9-10-23(24)20-37-16-14-36(4)15-17-37)28(39)31-25-19-22(29(40-5)35-32-25)11-12-27-34-33-26-8-6-7-13-38(26)27/h6-10,13,18-19H,14-17,20H2,1-5H3,(H,31,32,39). The highest BCUT2D eigenvalue weighted by molar-refractivity contribution is 6.04. The van der Waals surface area contributed by atoms with Crippen LogP contribution in [0.25, 0.3) is 5.65 Å². The fourth-order valence-corrected chi connectivity index (χ4v) is 4.72. The number of amides is 1. The number of rotatable bonds is 5. The maximum Gasteiger partial charge on any atom is 0.256 e. The highest BCUT2D eigenvalue weighted by Gasteiger charge is 2.23. The molecule has 4 heterocycles. The summed E-state index contributed by atoms with van der Waals surface area (Å²) in [5.41, 5.74) is 4.02. The summed E-state index contributed by atoms with van der Waals surface area (Å²) < 4.78 is 7.13. The topological polar surface area (TPSA) is 101 Å². The van der Waals surface area contributed by atoms with E-state index in [4.69, 9.17) is 4.74 Å². The Labute approximate surface area is 234 Å². The van der Waals surface area contributed by atoms with E-state index >= 15 is 0 Å². The van der Waals surface area contributed by atoms with Crippen LogP contribution in [0.15, 0.2) is 48.7 Å². The van der Waals surface area contributed by atoms with Crippen LogP contribution in [0.3, 0.4) is 0 Å². The van der Waals surface area contributed by atoms with Gasteiger partial charge in [0.1, 0.15) is 0 Å². The molecule has 1 N–H and O–H groups in total. The number of carbonyl (C=O) groups excluding carboxylic acids is 1. The van der Waals surface area contributed by atoms with Crippen LogP contribution in [0.2, 0.25) is 0 Å². The van der Waals surface area contributed by atoms with Crippen LogP contribution >= 0.6 is 0 Å². The molecule has 1 amide bonds. The lowest BCUT2D eigenvalue weighted by Crippen LogP contribution is -2.44. The van der Waals surface area contributed by atoms with Gasteiger partial charge in [0.15, 0.2) is 11.5 Å². The van der Waals surface area contributed by atoms with Gasteiger partial charge < -0.3 is 15.0 Å². The number of piperazine rings is 1. The van der Waals surface area contributed by atoms with Crippen molar-refractivity contribution >= 4 is 17.4 Å². The summed E-state index contributed by atoms with van der Waals surface area (Å²) in [6, 6.07) is 13.2. The summed E-state index contributed by atoms with van der Waals surface area (Å²) in [5, 5.41) is 19.4. The van der Waals surface area contributed by atoms with Crippen LogP contribution in [0, 0.1) is 11.8 Å². The number of carbonyl (C=O) groups is 1. The summed E-state index contributed by atoms with van der Waals surface area (Å²) in [7, 11) is 3.66. The third-order valence-electron chi connectivity index (χ3n) is 6.99. The van der Waals surface area contributed by atoms with Crippen LogP contribution in [0.5, 0.6) is 5.88 Å². The van der Waals surface area contributed by atoms with Gasteiger partial charge in [-0.1, -0.05) is 38.8 Å². The number of nitrogens with one attached hydrogen (secondary N) is 1. The van der Waals surface area contributed by atoms with Crippen molar-refractivity contribution in [2.24, 2.45) is 0 Å². The normalized spacial score (nSPS) is 14.5. The molecule has 10 nitrogen and oxygen atoms in total. The minimum absolute atomic E-state index is 0.118. The molecule has 0 unspecified atom stereocenters. The van der Waals surface area contributed by atoms with E-state index in [9.17, 15) is 4.79 Å². The van der Waals surface area contributed by atoms with Crippen molar-refractivity contribution in [3.8, 4) is 17.7 Å². The number of aromatic nitrogens is 5. The Morgan fingerprint density at radius 2 is 1.80 bits per heavy atom. The predicted octanol–water partition coefficient (Wildman–Crippen LogP) is 3.22. The molecule has 0 spiro atoms. The van der Waals surface area contributed by atoms with Gasteiger partial charge in [-0.3, -0.25) is 14.1 Å². The van der Waals surface area contributed by atoms with Gasteiger partial charge in [0.2, 0.25) is 11.7 Å². The maximum absolute atomic E-state index is 13.3. The molecule has 4 aromatic rings. The van der Waals surface area contributed by atoms with E-state index in [1.807, 2.05) is 36.5 Å². The molecule has 1 aliphatic rings. The Morgan fingerprint density at radius 3 is 2.55 bits per heavy atom. The number of ether oxygens (including phenoxy) is 1. The second-order valence-corrected chi connectivity index (χ2v) is 11.0. The van der Waals surface area contributed by atoms with Gasteiger partial charge in [0.25, 0.3) is 5.91 Å². The number of hydrogen-bond acceptors (Lipinski definition) is 8. The molecule has 0 aliphatic carbocycles. The Morgan fingerprint density at radius 1 is 1.00 bits per heavy atom. The number of likely N-dealkylation sites (N-methyl/N-ethyl adjacent to an activating group) is 1. The van der Waals surface area contributed by atoms with Gasteiger partial charge in [-0.15, -0.1) is 20.4 Å². The molecule has 1 aromatic carbocycles. The monoisotopic (exact) mass is 538 g/mol. The molecule has 1 aliphatic heterocycles. The van der Waals surface area contributed by atoms with E-state index in [1.54, 1.807) is 10.5 Å². The molecule has 5 rings (SSSR count). The minimum Gasteiger partial charge on any atom is -0.479 e. The van der Waals surface area contributed by atoms with Crippen LogP contribution < -0.4 is 10.1 Å². The molecule has 0 radical (unpaired) electrons. The van der Waals surface area contributed by atoms with E-state index in [0.29, 0.717) is 22.6 Å². The van der Waals surface area contributed by atoms with Gasteiger partial charge in [-0.25, -0.2) is 0 Å². The highest BCUT2D eigenvalue weighted by Crippen LogP contribution is 2.29. The average molecular weight is 539 g/mol. The van der Waals surface area contributed by atoms with Gasteiger partial charge >= 0.3 is 0 Å². The van der Waals surface area contributed by atoms with E-state index in [2.05, 4.69) is 81.2 Å². The lowest BCUT2D eigenvalue weighted by Gasteiger charge is -2.34. The molecule has 0 atom stereocenters. The molecule has 40 heavy (non-hydrogen) atoms. The fraction of sp³-hybridized carbons (Fsp3) is 0.367. The SMILES string of the molecule is COc1nnc(NC(=O)c2ccc(CN3CCN(C)CC3)c(C(C)(C)C)c2)cc1C#Cc1nnc2ccccn12. The van der Waals surface area contributed by atoms with Crippen molar-refractivity contribution in [3.63, 3.8) is 0 Å². The van der Waals surface area contributed by atoms with Gasteiger partial charge in [0, 0.05) is 50.6 Å². The number of anilines is 1. The van der Waals surface area contributed by atoms with Crippen molar-refractivity contribution in [2.75, 3.05) is 45.7 Å². The highest BCUT2D eigenvalue weighted by atomic mass is 16.5. The number of nitrogens with zero attached hydrogens (tertiary/aromatic N) is 7. The number of fused-ring (bicyclic) bond motifs is 1. The molecule has 3 aromatic heterocycles. The quantitative estimate of drug-likeness (QED) is 0.387. The van der Waals surface area contributed by atoms with Gasteiger partial charge in [-0.2, -0.15) is 0 Å². The largest absolute Gasteiger partial charge is 0.479 e. The minimum atomic E-state index is -0.265. The Bertz CT molecular complexity index is 1590. The average Bonchev–Trinajstić information content (AvgIpc) is 3.36. The van der Waals surface area contributed by atoms with Crippen LogP contribution in [-0.2, 0) is 12.0 Å². The van der Waals surface area contributed by atoms with Crippen molar-refractivity contribution in [1.82, 2.24) is 34.6 Å². The number of methoxy groups -OCH3 is 1. The first-order chi connectivity index (χ1) is 19.2. The van der Waals surface area contributed by atoms with E-state index in [1.165, 1.54) is 12.7 Å². The lowest BCUT2D eigenvalue weighted by atomic mass is 9.82. The Balaban J connectivity index is 1.37. The van der Waals surface area contributed by atoms with E-state index < -0.39 is 0 Å². The molecule has 0 bridgehead atoms. The second-order valence-electron chi connectivity index (χ2n) is 11.0. The zero-order valence-electron chi connectivity index (χ0n) is 23.6. The zero-order valence-corrected chi connectivity index (χ0v) is 23.6. The summed E-state index contributed by atoms with van der Waals surface area (Å²) in [4.78, 5) is 18.1. The smallest absolute Gasteiger partial charge is 0.256 e. The molecule has 206 valence electrons. The molecule has 1 fully saturated rings. The number of benzene rings is 1. The van der Waals surface area contributed by atoms with Crippen LogP contribution in [0.1, 0.15) is 53.6 Å². The summed E-state index contributed by atoms with van der Waals surface area (Å²) in [6.45, 7) is 11.6. The third kappa shape index (κ3) is 6.11. The first kappa shape index (κ1) is 27.2. The number of pyridine rings is 1. The second kappa shape index (κ2) is 11.4. The summed E-state index contributed by atoms with van der Waals surface area (Å²) >= 11 is 0. The van der Waals surface area contributed by atoms with Crippen molar-refractivity contribution in [3.05, 3.63) is 76.7 Å².